The highest BCUT2D eigenvalue weighted by Crippen LogP contribution is 2.23. The van der Waals surface area contributed by atoms with Gasteiger partial charge >= 0.3 is 0 Å². The van der Waals surface area contributed by atoms with E-state index in [1.807, 2.05) is 44.9 Å². The van der Waals surface area contributed by atoms with Crippen molar-refractivity contribution in [1.29, 1.82) is 0 Å². The fraction of sp³-hybridized carbons (Fsp3) is 0.526. The highest BCUT2D eigenvalue weighted by Gasteiger charge is 2.27. The number of aromatic nitrogens is 3. The highest BCUT2D eigenvalue weighted by molar-refractivity contribution is 5.96. The summed E-state index contributed by atoms with van der Waals surface area (Å²) in [6, 6.07) is 3.84. The summed E-state index contributed by atoms with van der Waals surface area (Å²) in [5, 5.41) is 4.36. The summed E-state index contributed by atoms with van der Waals surface area (Å²) in [5.74, 6) is 1.45. The Balaban J connectivity index is 1.54. The van der Waals surface area contributed by atoms with E-state index in [9.17, 15) is 4.79 Å². The van der Waals surface area contributed by atoms with Crippen LogP contribution in [0.4, 0.5) is 0 Å². The van der Waals surface area contributed by atoms with Crippen molar-refractivity contribution in [3.05, 3.63) is 41.0 Å². The Kier molecular flexibility index (Phi) is 5.06. The molecule has 2 aromatic rings. The Morgan fingerprint density at radius 2 is 2.00 bits per heavy atom. The Labute approximate surface area is 148 Å². The monoisotopic (exact) mass is 342 g/mol. The van der Waals surface area contributed by atoms with Crippen molar-refractivity contribution < 1.29 is 9.53 Å². The van der Waals surface area contributed by atoms with Crippen LogP contribution in [0, 0.1) is 26.7 Å². The predicted molar refractivity (Wildman–Crippen MR) is 95.8 cm³/mol. The molecule has 0 saturated carbocycles. The molecule has 1 aliphatic heterocycles. The van der Waals surface area contributed by atoms with E-state index < -0.39 is 0 Å². The first kappa shape index (κ1) is 17.5. The Morgan fingerprint density at radius 3 is 2.60 bits per heavy atom. The van der Waals surface area contributed by atoms with Crippen molar-refractivity contribution in [3.63, 3.8) is 0 Å². The van der Waals surface area contributed by atoms with Crippen LogP contribution in [0.1, 0.15) is 40.3 Å². The Bertz CT molecular complexity index is 761. The number of carbonyl (C=O) groups is 1. The lowest BCUT2D eigenvalue weighted by Crippen LogP contribution is -2.40. The summed E-state index contributed by atoms with van der Waals surface area (Å²) < 4.78 is 7.67. The molecule has 1 fully saturated rings. The van der Waals surface area contributed by atoms with Gasteiger partial charge in [0.2, 0.25) is 0 Å². The fourth-order valence-electron chi connectivity index (χ4n) is 3.37. The highest BCUT2D eigenvalue weighted by atomic mass is 16.5. The minimum Gasteiger partial charge on any atom is -0.493 e. The number of piperidine rings is 1. The second kappa shape index (κ2) is 7.25. The molecular formula is C19H26N4O2. The van der Waals surface area contributed by atoms with Gasteiger partial charge in [-0.05, 0) is 45.6 Å². The van der Waals surface area contributed by atoms with E-state index in [1.54, 1.807) is 10.9 Å². The number of ether oxygens (including phenoxy) is 1. The fourth-order valence-corrected chi connectivity index (χ4v) is 3.37. The van der Waals surface area contributed by atoms with Crippen LogP contribution >= 0.6 is 0 Å². The van der Waals surface area contributed by atoms with Gasteiger partial charge in [-0.15, -0.1) is 0 Å². The standard InChI is InChI=1S/C19H26N4O2/c1-13-11-17(5-8-20-13)25-12-16-6-9-23(10-7-16)19(24)18-14(2)21-22(4)15(18)3/h5,8,11,16H,6-7,9-10,12H2,1-4H3. The summed E-state index contributed by atoms with van der Waals surface area (Å²) in [6.45, 7) is 8.05. The smallest absolute Gasteiger partial charge is 0.257 e. The van der Waals surface area contributed by atoms with E-state index in [0.717, 1.165) is 54.3 Å². The van der Waals surface area contributed by atoms with Crippen molar-refractivity contribution in [3.8, 4) is 5.75 Å². The number of likely N-dealkylation sites (tertiary alicyclic amines) is 1. The van der Waals surface area contributed by atoms with Gasteiger partial charge in [0.25, 0.3) is 5.91 Å². The first-order valence-corrected chi connectivity index (χ1v) is 8.80. The SMILES string of the molecule is Cc1cc(OCC2CCN(C(=O)c3c(C)nn(C)c3C)CC2)ccn1. The molecule has 0 atom stereocenters. The van der Waals surface area contributed by atoms with Crippen LogP contribution in [-0.2, 0) is 7.05 Å². The molecular weight excluding hydrogens is 316 g/mol. The molecule has 0 N–H and O–H groups in total. The van der Waals surface area contributed by atoms with Gasteiger partial charge in [-0.3, -0.25) is 14.5 Å². The second-order valence-electron chi connectivity index (χ2n) is 6.85. The first-order chi connectivity index (χ1) is 12.0. The molecule has 2 aromatic heterocycles. The van der Waals surface area contributed by atoms with Crippen LogP contribution in [0.25, 0.3) is 0 Å². The molecule has 1 aliphatic rings. The summed E-state index contributed by atoms with van der Waals surface area (Å²) in [4.78, 5) is 18.9. The van der Waals surface area contributed by atoms with Gasteiger partial charge in [0, 0.05) is 43.8 Å². The van der Waals surface area contributed by atoms with Gasteiger partial charge in [0.05, 0.1) is 17.9 Å². The van der Waals surface area contributed by atoms with Crippen molar-refractivity contribution >= 4 is 5.91 Å². The lowest BCUT2D eigenvalue weighted by atomic mass is 9.97. The third kappa shape index (κ3) is 3.83. The van der Waals surface area contributed by atoms with Crippen LogP contribution in [0.5, 0.6) is 5.75 Å². The second-order valence-corrected chi connectivity index (χ2v) is 6.85. The van der Waals surface area contributed by atoms with E-state index in [2.05, 4.69) is 10.1 Å². The molecule has 6 nitrogen and oxygen atoms in total. The topological polar surface area (TPSA) is 60.2 Å². The number of rotatable bonds is 4. The van der Waals surface area contributed by atoms with Gasteiger partial charge in [-0.25, -0.2) is 0 Å². The van der Waals surface area contributed by atoms with Gasteiger partial charge in [0.15, 0.2) is 0 Å². The van der Waals surface area contributed by atoms with Crippen LogP contribution in [0.2, 0.25) is 0 Å². The Morgan fingerprint density at radius 1 is 1.28 bits per heavy atom. The zero-order valence-electron chi connectivity index (χ0n) is 15.5. The lowest BCUT2D eigenvalue weighted by molar-refractivity contribution is 0.0659. The number of pyridine rings is 1. The molecule has 134 valence electrons. The summed E-state index contributed by atoms with van der Waals surface area (Å²) in [6.07, 6.45) is 3.70. The van der Waals surface area contributed by atoms with Crippen LogP contribution in [-0.4, -0.2) is 45.3 Å². The first-order valence-electron chi connectivity index (χ1n) is 8.80. The number of nitrogens with zero attached hydrogens (tertiary/aromatic N) is 4. The Hall–Kier alpha value is -2.37. The molecule has 0 aromatic carbocycles. The average Bonchev–Trinajstić information content (AvgIpc) is 2.85. The van der Waals surface area contributed by atoms with Gasteiger partial charge in [-0.2, -0.15) is 5.10 Å². The third-order valence-electron chi connectivity index (χ3n) is 4.98. The summed E-state index contributed by atoms with van der Waals surface area (Å²) in [5.41, 5.74) is 3.45. The maximum absolute atomic E-state index is 12.8. The van der Waals surface area contributed by atoms with Crippen molar-refractivity contribution in [2.45, 2.75) is 33.6 Å². The number of amides is 1. The zero-order chi connectivity index (χ0) is 18.0. The minimum atomic E-state index is 0.104. The average molecular weight is 342 g/mol. The number of hydrogen-bond donors (Lipinski definition) is 0. The molecule has 6 heteroatoms. The molecule has 0 bridgehead atoms. The van der Waals surface area contributed by atoms with E-state index >= 15 is 0 Å². The molecule has 0 aliphatic carbocycles. The molecule has 25 heavy (non-hydrogen) atoms. The van der Waals surface area contributed by atoms with Crippen molar-refractivity contribution in [2.75, 3.05) is 19.7 Å². The number of hydrogen-bond acceptors (Lipinski definition) is 4. The zero-order valence-corrected chi connectivity index (χ0v) is 15.5. The van der Waals surface area contributed by atoms with Crippen molar-refractivity contribution in [1.82, 2.24) is 19.7 Å². The molecule has 0 radical (unpaired) electrons. The van der Waals surface area contributed by atoms with Crippen molar-refractivity contribution in [2.24, 2.45) is 13.0 Å². The molecule has 1 amide bonds. The largest absolute Gasteiger partial charge is 0.493 e. The summed E-state index contributed by atoms with van der Waals surface area (Å²) in [7, 11) is 1.88. The molecule has 3 rings (SSSR count). The lowest BCUT2D eigenvalue weighted by Gasteiger charge is -2.32. The molecule has 3 heterocycles. The summed E-state index contributed by atoms with van der Waals surface area (Å²) >= 11 is 0. The van der Waals surface area contributed by atoms with Crippen LogP contribution < -0.4 is 4.74 Å². The number of carbonyl (C=O) groups excluding carboxylic acids is 1. The maximum atomic E-state index is 12.8. The van der Waals surface area contributed by atoms with Gasteiger partial charge < -0.3 is 9.64 Å². The van der Waals surface area contributed by atoms with Crippen LogP contribution in [0.15, 0.2) is 18.3 Å². The van der Waals surface area contributed by atoms with E-state index in [-0.39, 0.29) is 5.91 Å². The minimum absolute atomic E-state index is 0.104. The third-order valence-corrected chi connectivity index (χ3v) is 4.98. The van der Waals surface area contributed by atoms with E-state index in [4.69, 9.17) is 4.74 Å². The van der Waals surface area contributed by atoms with Gasteiger partial charge in [-0.1, -0.05) is 0 Å². The molecule has 0 spiro atoms. The quantitative estimate of drug-likeness (QED) is 0.857. The predicted octanol–water partition coefficient (Wildman–Crippen LogP) is 2.67. The normalized spacial score (nSPS) is 15.4. The molecule has 1 saturated heterocycles. The van der Waals surface area contributed by atoms with Crippen LogP contribution in [0.3, 0.4) is 0 Å². The maximum Gasteiger partial charge on any atom is 0.257 e. The van der Waals surface area contributed by atoms with E-state index in [1.165, 1.54) is 0 Å². The molecule has 0 unspecified atom stereocenters. The number of aryl methyl sites for hydroxylation is 3. The van der Waals surface area contributed by atoms with Gasteiger partial charge in [0.1, 0.15) is 5.75 Å². The van der Waals surface area contributed by atoms with E-state index in [0.29, 0.717) is 12.5 Å².